The molecule has 0 saturated carbocycles. The molecule has 0 rings (SSSR count). The van der Waals surface area contributed by atoms with Crippen LogP contribution in [0.5, 0.6) is 0 Å². The van der Waals surface area contributed by atoms with E-state index in [-0.39, 0.29) is 0 Å². The first-order valence-corrected chi connectivity index (χ1v) is 3.29. The van der Waals surface area contributed by atoms with Gasteiger partial charge >= 0.3 is 0 Å². The summed E-state index contributed by atoms with van der Waals surface area (Å²) in [6.07, 6.45) is 1.37. The number of carbonyl (C=O) groups excluding carboxylic acids is 2. The van der Waals surface area contributed by atoms with Gasteiger partial charge in [0.1, 0.15) is 12.2 Å². The summed E-state index contributed by atoms with van der Waals surface area (Å²) >= 11 is 0. The van der Waals surface area contributed by atoms with Crippen molar-refractivity contribution in [3.05, 3.63) is 5.57 Å². The number of allylic oxidation sites excluding steroid dienone is 1. The van der Waals surface area contributed by atoms with Crippen molar-refractivity contribution in [3.63, 3.8) is 0 Å². The van der Waals surface area contributed by atoms with Crippen LogP contribution in [0.15, 0.2) is 5.57 Å². The molecule has 0 aliphatic rings. The minimum atomic E-state index is -0.628. The largest absolute Gasteiger partial charge is 0.302 e. The second-order valence-electron chi connectivity index (χ2n) is 2.77. The van der Waals surface area contributed by atoms with E-state index in [2.05, 4.69) is 0 Å². The molecule has 0 spiro atoms. The third-order valence-electron chi connectivity index (χ3n) is 1.55. The average Bonchev–Trinajstić information content (AvgIpc) is 1.90. The van der Waals surface area contributed by atoms with Crippen LogP contribution >= 0.6 is 0 Å². The van der Waals surface area contributed by atoms with E-state index in [1.165, 1.54) is 0 Å². The summed E-state index contributed by atoms with van der Waals surface area (Å²) in [6, 6.07) is 0. The van der Waals surface area contributed by atoms with Crippen molar-refractivity contribution in [2.45, 2.75) is 27.2 Å². The highest BCUT2D eigenvalue weighted by atomic mass is 16.1. The molecule has 0 radical (unpaired) electrons. The van der Waals surface area contributed by atoms with Gasteiger partial charge in [-0.3, -0.25) is 0 Å². The second-order valence-corrected chi connectivity index (χ2v) is 2.77. The third kappa shape index (κ3) is 1.82. The van der Waals surface area contributed by atoms with Crippen LogP contribution in [0.1, 0.15) is 27.2 Å². The van der Waals surface area contributed by atoms with Gasteiger partial charge in [0.05, 0.1) is 5.41 Å². The van der Waals surface area contributed by atoms with Gasteiger partial charge in [0.15, 0.2) is 0 Å². The lowest BCUT2D eigenvalue weighted by Gasteiger charge is -2.15. The zero-order valence-electron chi connectivity index (χ0n) is 6.60. The maximum Gasteiger partial charge on any atom is 0.130 e. The fourth-order valence-corrected chi connectivity index (χ4v) is 0.730. The highest BCUT2D eigenvalue weighted by Crippen LogP contribution is 2.22. The lowest BCUT2D eigenvalue weighted by atomic mass is 9.85. The Kier molecular flexibility index (Phi) is 3.04. The van der Waals surface area contributed by atoms with Crippen molar-refractivity contribution in [1.29, 1.82) is 0 Å². The molecule has 0 aromatic carbocycles. The zero-order valence-corrected chi connectivity index (χ0v) is 6.60. The SMILES string of the molecule is CCC(=C=O)C(C)(C)C=O. The Hall–Kier alpha value is -0.880. The third-order valence-corrected chi connectivity index (χ3v) is 1.55. The summed E-state index contributed by atoms with van der Waals surface area (Å²) in [5.41, 5.74) is -0.0984. The fourth-order valence-electron chi connectivity index (χ4n) is 0.730. The van der Waals surface area contributed by atoms with E-state index >= 15 is 0 Å². The number of aldehydes is 1. The summed E-state index contributed by atoms with van der Waals surface area (Å²) in [5, 5.41) is 0. The molecule has 2 nitrogen and oxygen atoms in total. The van der Waals surface area contributed by atoms with Gasteiger partial charge in [-0.1, -0.05) is 6.92 Å². The van der Waals surface area contributed by atoms with Crippen molar-refractivity contribution in [2.75, 3.05) is 0 Å². The first-order valence-electron chi connectivity index (χ1n) is 3.29. The lowest BCUT2D eigenvalue weighted by molar-refractivity contribution is -0.113. The Morgan fingerprint density at radius 1 is 1.60 bits per heavy atom. The summed E-state index contributed by atoms with van der Waals surface area (Å²) in [6.45, 7) is 5.26. The molecule has 0 atom stereocenters. The van der Waals surface area contributed by atoms with Crippen LogP contribution in [0.25, 0.3) is 0 Å². The lowest BCUT2D eigenvalue weighted by Crippen LogP contribution is -2.16. The van der Waals surface area contributed by atoms with Gasteiger partial charge in [0.2, 0.25) is 0 Å². The van der Waals surface area contributed by atoms with Crippen molar-refractivity contribution in [2.24, 2.45) is 5.41 Å². The fraction of sp³-hybridized carbons (Fsp3) is 0.625. The molecular formula is C8H12O2. The highest BCUT2D eigenvalue weighted by molar-refractivity contribution is 5.71. The van der Waals surface area contributed by atoms with Crippen LogP contribution in [0.4, 0.5) is 0 Å². The number of rotatable bonds is 3. The molecule has 0 aromatic rings. The first kappa shape index (κ1) is 9.12. The standard InChI is InChI=1S/C8H12O2/c1-4-7(5-9)8(2,3)6-10/h6H,4H2,1-3H3. The summed E-state index contributed by atoms with van der Waals surface area (Å²) < 4.78 is 0. The summed E-state index contributed by atoms with van der Waals surface area (Å²) in [4.78, 5) is 20.6. The normalized spacial score (nSPS) is 10.3. The van der Waals surface area contributed by atoms with Gasteiger partial charge in [-0.15, -0.1) is 0 Å². The molecule has 0 saturated heterocycles. The van der Waals surface area contributed by atoms with Crippen LogP contribution in [0, 0.1) is 5.41 Å². The Morgan fingerprint density at radius 2 is 2.10 bits per heavy atom. The van der Waals surface area contributed by atoms with Crippen LogP contribution in [-0.2, 0) is 9.59 Å². The monoisotopic (exact) mass is 140 g/mol. The molecule has 0 heterocycles. The molecule has 0 fully saturated rings. The van der Waals surface area contributed by atoms with E-state index in [1.807, 2.05) is 6.92 Å². The van der Waals surface area contributed by atoms with Crippen LogP contribution in [0.3, 0.4) is 0 Å². The maximum absolute atomic E-state index is 10.4. The predicted octanol–water partition coefficient (Wildman–Crippen LogP) is 1.38. The Bertz CT molecular complexity index is 174. The smallest absolute Gasteiger partial charge is 0.130 e. The van der Waals surface area contributed by atoms with E-state index in [9.17, 15) is 9.59 Å². The van der Waals surface area contributed by atoms with Gasteiger partial charge in [-0.05, 0) is 20.3 Å². The molecule has 10 heavy (non-hydrogen) atoms. The molecule has 0 unspecified atom stereocenters. The average molecular weight is 140 g/mol. The Balaban J connectivity index is 4.60. The van der Waals surface area contributed by atoms with Gasteiger partial charge in [0.25, 0.3) is 0 Å². The highest BCUT2D eigenvalue weighted by Gasteiger charge is 2.21. The van der Waals surface area contributed by atoms with Gasteiger partial charge in [0, 0.05) is 5.57 Å². The molecule has 0 bridgehead atoms. The Morgan fingerprint density at radius 3 is 2.20 bits per heavy atom. The molecule has 2 heteroatoms. The molecule has 0 aliphatic heterocycles. The van der Waals surface area contributed by atoms with E-state index in [1.54, 1.807) is 19.8 Å². The molecule has 0 N–H and O–H groups in total. The van der Waals surface area contributed by atoms with E-state index in [4.69, 9.17) is 0 Å². The van der Waals surface area contributed by atoms with Crippen molar-refractivity contribution in [1.82, 2.24) is 0 Å². The first-order chi connectivity index (χ1) is 4.58. The van der Waals surface area contributed by atoms with Gasteiger partial charge in [-0.2, -0.15) is 0 Å². The molecule has 0 aromatic heterocycles. The van der Waals surface area contributed by atoms with Crippen LogP contribution in [0.2, 0.25) is 0 Å². The molecule has 56 valence electrons. The van der Waals surface area contributed by atoms with E-state index in [0.717, 1.165) is 6.29 Å². The van der Waals surface area contributed by atoms with Gasteiger partial charge < -0.3 is 4.79 Å². The van der Waals surface area contributed by atoms with Crippen molar-refractivity contribution < 1.29 is 9.59 Å². The van der Waals surface area contributed by atoms with E-state index in [0.29, 0.717) is 12.0 Å². The summed E-state index contributed by atoms with van der Waals surface area (Å²) in [7, 11) is 0. The number of carbonyl (C=O) groups is 1. The molecule has 0 amide bonds. The summed E-state index contributed by atoms with van der Waals surface area (Å²) in [5.74, 6) is 1.78. The minimum absolute atomic E-state index is 0.530. The predicted molar refractivity (Wildman–Crippen MR) is 39.3 cm³/mol. The van der Waals surface area contributed by atoms with E-state index < -0.39 is 5.41 Å². The molecular weight excluding hydrogens is 128 g/mol. The van der Waals surface area contributed by atoms with Gasteiger partial charge in [-0.25, -0.2) is 4.79 Å². The topological polar surface area (TPSA) is 34.1 Å². The minimum Gasteiger partial charge on any atom is -0.302 e. The van der Waals surface area contributed by atoms with Crippen LogP contribution in [-0.4, -0.2) is 12.2 Å². The maximum atomic E-state index is 10.4. The number of hydrogen-bond acceptors (Lipinski definition) is 2. The van der Waals surface area contributed by atoms with Crippen molar-refractivity contribution in [3.8, 4) is 0 Å². The second kappa shape index (κ2) is 3.33. The quantitative estimate of drug-likeness (QED) is 0.438. The Labute approximate surface area is 60.9 Å². The van der Waals surface area contributed by atoms with Crippen LogP contribution < -0.4 is 0 Å². The molecule has 0 aliphatic carbocycles. The van der Waals surface area contributed by atoms with Crippen molar-refractivity contribution >= 4 is 12.2 Å². The zero-order chi connectivity index (χ0) is 8.20. The number of hydrogen-bond donors (Lipinski definition) is 0.